The number of benzene rings is 1. The molecule has 0 unspecified atom stereocenters. The molecule has 0 fully saturated rings. The normalized spacial score (nSPS) is 15.7. The fraction of sp³-hybridized carbons (Fsp3) is 0.312. The number of hydrogen-bond donors (Lipinski definition) is 4. The van der Waals surface area contributed by atoms with E-state index in [4.69, 9.17) is 5.73 Å². The van der Waals surface area contributed by atoms with Crippen LogP contribution in [-0.2, 0) is 12.8 Å². The van der Waals surface area contributed by atoms with Gasteiger partial charge in [0.15, 0.2) is 22.4 Å². The third-order valence-electron chi connectivity index (χ3n) is 3.88. The minimum atomic E-state index is -0.493. The van der Waals surface area contributed by atoms with Crippen molar-refractivity contribution < 1.29 is 15.3 Å². The maximum atomic E-state index is 9.49. The van der Waals surface area contributed by atoms with Gasteiger partial charge in [-0.1, -0.05) is 12.2 Å². The number of aromatic nitrogens is 1. The summed E-state index contributed by atoms with van der Waals surface area (Å²) < 4.78 is 0. The smallest absolute Gasteiger partial charge is 0.200 e. The molecule has 0 radical (unpaired) electrons. The summed E-state index contributed by atoms with van der Waals surface area (Å²) in [7, 11) is 0. The number of hydrogen-bond acceptors (Lipinski definition) is 7. The van der Waals surface area contributed by atoms with E-state index in [0.717, 1.165) is 38.2 Å². The van der Waals surface area contributed by atoms with Gasteiger partial charge in [-0.15, -0.1) is 11.3 Å². The molecule has 0 saturated carbocycles. The molecule has 2 aromatic rings. The van der Waals surface area contributed by atoms with Crippen LogP contribution in [0.3, 0.4) is 0 Å². The van der Waals surface area contributed by atoms with Gasteiger partial charge < -0.3 is 21.1 Å². The zero-order chi connectivity index (χ0) is 16.4. The molecule has 2 heterocycles. The second-order valence-electron chi connectivity index (χ2n) is 5.53. The average Bonchev–Trinajstić information content (AvgIpc) is 2.76. The Balaban J connectivity index is 1.60. The number of aromatic hydroxyl groups is 3. The number of nitrogen functional groups attached to an aromatic ring is 1. The van der Waals surface area contributed by atoms with Crippen LogP contribution in [0, 0.1) is 0 Å². The highest BCUT2D eigenvalue weighted by atomic mass is 32.1. The summed E-state index contributed by atoms with van der Waals surface area (Å²) in [5.41, 5.74) is 7.51. The minimum Gasteiger partial charge on any atom is -0.504 e. The molecule has 3 rings (SSSR count). The molecule has 6 nitrogen and oxygen atoms in total. The summed E-state index contributed by atoms with van der Waals surface area (Å²) in [5.74, 6) is -1.15. The Morgan fingerprint density at radius 3 is 2.61 bits per heavy atom. The highest BCUT2D eigenvalue weighted by Gasteiger charge is 2.16. The first kappa shape index (κ1) is 15.6. The predicted octanol–water partition coefficient (Wildman–Crippen LogP) is 1.96. The largest absolute Gasteiger partial charge is 0.504 e. The zero-order valence-electron chi connectivity index (χ0n) is 12.6. The number of nitrogens with zero attached hydrogens (tertiary/aromatic N) is 2. The first-order valence-electron chi connectivity index (χ1n) is 7.41. The molecule has 0 saturated heterocycles. The van der Waals surface area contributed by atoms with Crippen LogP contribution in [0.5, 0.6) is 17.2 Å². The molecule has 0 amide bonds. The van der Waals surface area contributed by atoms with Crippen molar-refractivity contribution in [2.45, 2.75) is 12.8 Å². The molecule has 0 bridgehead atoms. The van der Waals surface area contributed by atoms with Gasteiger partial charge in [0.05, 0.1) is 5.69 Å². The number of phenols is 3. The summed E-state index contributed by atoms with van der Waals surface area (Å²) in [4.78, 5) is 7.97. The lowest BCUT2D eigenvalue weighted by Crippen LogP contribution is -2.26. The third-order valence-corrected chi connectivity index (χ3v) is 4.87. The maximum absolute atomic E-state index is 9.49. The Hall–Kier alpha value is -2.25. The van der Waals surface area contributed by atoms with Crippen LogP contribution in [0.15, 0.2) is 18.2 Å². The van der Waals surface area contributed by atoms with E-state index in [9.17, 15) is 15.3 Å². The molecule has 0 spiro atoms. The van der Waals surface area contributed by atoms with Crippen molar-refractivity contribution in [1.29, 1.82) is 0 Å². The van der Waals surface area contributed by atoms with Crippen molar-refractivity contribution in [3.05, 3.63) is 34.3 Å². The molecule has 0 aliphatic carbocycles. The minimum absolute atomic E-state index is 0.326. The van der Waals surface area contributed by atoms with Crippen LogP contribution >= 0.6 is 11.3 Å². The van der Waals surface area contributed by atoms with Gasteiger partial charge in [0.1, 0.15) is 0 Å². The maximum Gasteiger partial charge on any atom is 0.200 e. The van der Waals surface area contributed by atoms with Crippen molar-refractivity contribution in [2.75, 3.05) is 25.4 Å². The van der Waals surface area contributed by atoms with Gasteiger partial charge in [0.25, 0.3) is 0 Å². The van der Waals surface area contributed by atoms with Gasteiger partial charge in [0, 0.05) is 30.9 Å². The second-order valence-corrected chi connectivity index (χ2v) is 6.65. The van der Waals surface area contributed by atoms with E-state index in [1.54, 1.807) is 11.3 Å². The van der Waals surface area contributed by atoms with Crippen molar-refractivity contribution >= 4 is 22.5 Å². The van der Waals surface area contributed by atoms with Crippen molar-refractivity contribution in [2.24, 2.45) is 0 Å². The molecular weight excluding hydrogens is 314 g/mol. The molecule has 1 aromatic heterocycles. The first-order valence-corrected chi connectivity index (χ1v) is 8.22. The monoisotopic (exact) mass is 333 g/mol. The summed E-state index contributed by atoms with van der Waals surface area (Å²) in [6.07, 6.45) is 5.65. The van der Waals surface area contributed by atoms with Crippen molar-refractivity contribution in [1.82, 2.24) is 9.88 Å². The summed E-state index contributed by atoms with van der Waals surface area (Å²) in [6, 6.07) is 2.83. The van der Waals surface area contributed by atoms with Gasteiger partial charge in [-0.25, -0.2) is 4.98 Å². The van der Waals surface area contributed by atoms with E-state index in [1.165, 1.54) is 17.0 Å². The van der Waals surface area contributed by atoms with E-state index in [1.807, 2.05) is 12.2 Å². The van der Waals surface area contributed by atoms with Crippen LogP contribution in [0.4, 0.5) is 5.13 Å². The molecule has 122 valence electrons. The van der Waals surface area contributed by atoms with Gasteiger partial charge in [-0.3, -0.25) is 4.90 Å². The predicted molar refractivity (Wildman–Crippen MR) is 90.8 cm³/mol. The standard InChI is InChI=1S/C16H19N3O3S/c17-16-18-11-3-6-19(7-4-14(11)23-16)5-1-2-10-8-12(20)15(22)13(21)9-10/h1-2,8-9,20-22H,3-7H2,(H2,17,18). The highest BCUT2D eigenvalue weighted by molar-refractivity contribution is 7.15. The average molecular weight is 333 g/mol. The Kier molecular flexibility index (Phi) is 4.40. The Morgan fingerprint density at radius 2 is 1.87 bits per heavy atom. The highest BCUT2D eigenvalue weighted by Crippen LogP contribution is 2.35. The van der Waals surface area contributed by atoms with Gasteiger partial charge in [-0.05, 0) is 24.1 Å². The van der Waals surface area contributed by atoms with Gasteiger partial charge in [-0.2, -0.15) is 0 Å². The number of phenolic OH excluding ortho intramolecular Hbond substituents is 3. The summed E-state index contributed by atoms with van der Waals surface area (Å²) in [5, 5.41) is 29.0. The fourth-order valence-corrected chi connectivity index (χ4v) is 3.54. The third kappa shape index (κ3) is 3.57. The Morgan fingerprint density at radius 1 is 1.17 bits per heavy atom. The van der Waals surface area contributed by atoms with E-state index in [-0.39, 0.29) is 11.5 Å². The van der Waals surface area contributed by atoms with Crippen LogP contribution in [-0.4, -0.2) is 44.8 Å². The van der Waals surface area contributed by atoms with Crippen LogP contribution in [0.2, 0.25) is 0 Å². The lowest BCUT2D eigenvalue weighted by atomic mass is 10.1. The number of anilines is 1. The van der Waals surface area contributed by atoms with E-state index >= 15 is 0 Å². The molecule has 1 aliphatic rings. The molecule has 1 aromatic carbocycles. The zero-order valence-corrected chi connectivity index (χ0v) is 13.4. The number of nitrogens with two attached hydrogens (primary N) is 1. The van der Waals surface area contributed by atoms with E-state index in [2.05, 4.69) is 9.88 Å². The quantitative estimate of drug-likeness (QED) is 0.640. The topological polar surface area (TPSA) is 103 Å². The lowest BCUT2D eigenvalue weighted by Gasteiger charge is -2.17. The Labute approximate surface area is 138 Å². The molecule has 5 N–H and O–H groups in total. The molecular formula is C16H19N3O3S. The molecule has 7 heteroatoms. The number of fused-ring (bicyclic) bond motifs is 1. The number of rotatable bonds is 3. The van der Waals surface area contributed by atoms with Crippen molar-refractivity contribution in [3.63, 3.8) is 0 Å². The van der Waals surface area contributed by atoms with E-state index < -0.39 is 5.75 Å². The second kappa shape index (κ2) is 6.47. The summed E-state index contributed by atoms with van der Waals surface area (Å²) >= 11 is 1.57. The lowest BCUT2D eigenvalue weighted by molar-refractivity contribution is 0.318. The van der Waals surface area contributed by atoms with Gasteiger partial charge >= 0.3 is 0 Å². The molecule has 1 aliphatic heterocycles. The molecule has 0 atom stereocenters. The van der Waals surface area contributed by atoms with Crippen LogP contribution in [0.25, 0.3) is 6.08 Å². The molecule has 23 heavy (non-hydrogen) atoms. The fourth-order valence-electron chi connectivity index (χ4n) is 2.67. The first-order chi connectivity index (χ1) is 11.0. The van der Waals surface area contributed by atoms with E-state index in [0.29, 0.717) is 10.7 Å². The van der Waals surface area contributed by atoms with Gasteiger partial charge in [0.2, 0.25) is 0 Å². The van der Waals surface area contributed by atoms with Crippen LogP contribution in [0.1, 0.15) is 16.1 Å². The summed E-state index contributed by atoms with van der Waals surface area (Å²) in [6.45, 7) is 2.64. The van der Waals surface area contributed by atoms with Crippen molar-refractivity contribution in [3.8, 4) is 17.2 Å². The van der Waals surface area contributed by atoms with Crippen LogP contribution < -0.4 is 5.73 Å². The SMILES string of the molecule is Nc1nc2c(s1)CCN(CC=Cc1cc(O)c(O)c(O)c1)CC2. The Bertz CT molecular complexity index is 694. The number of thiazole rings is 1.